The van der Waals surface area contributed by atoms with Gasteiger partial charge in [-0.05, 0) is 50.1 Å². The molecule has 1 aromatic heterocycles. The third-order valence-corrected chi connectivity index (χ3v) is 4.70. The van der Waals surface area contributed by atoms with E-state index < -0.39 is 0 Å². The minimum atomic E-state index is -0.274. The van der Waals surface area contributed by atoms with E-state index in [-0.39, 0.29) is 11.6 Å². The number of aromatic nitrogens is 2. The molecule has 0 aliphatic rings. The highest BCUT2D eigenvalue weighted by Crippen LogP contribution is 2.18. The molecule has 0 atom stereocenters. The first-order valence-corrected chi connectivity index (χ1v) is 9.95. The second-order valence-electron chi connectivity index (χ2n) is 6.62. The summed E-state index contributed by atoms with van der Waals surface area (Å²) in [4.78, 5) is 23.2. The largest absolute Gasteiger partial charge is 0.372 e. The lowest BCUT2D eigenvalue weighted by molar-refractivity contribution is 0.102. The molecule has 2 aromatic carbocycles. The zero-order valence-electron chi connectivity index (χ0n) is 16.9. The third kappa shape index (κ3) is 5.78. The second-order valence-corrected chi connectivity index (χ2v) is 6.62. The first-order valence-electron chi connectivity index (χ1n) is 9.95. The van der Waals surface area contributed by atoms with Crippen LogP contribution in [-0.2, 0) is 6.42 Å². The topological polar surface area (TPSA) is 70.2 Å². The van der Waals surface area contributed by atoms with Gasteiger partial charge in [0.1, 0.15) is 11.5 Å². The first-order chi connectivity index (χ1) is 14.2. The van der Waals surface area contributed by atoms with Crippen LogP contribution < -0.4 is 15.5 Å². The molecule has 0 radical (unpaired) electrons. The number of benzene rings is 2. The normalized spacial score (nSPS) is 10.4. The van der Waals surface area contributed by atoms with Gasteiger partial charge in [-0.2, -0.15) is 0 Å². The Morgan fingerprint density at radius 3 is 2.28 bits per heavy atom. The van der Waals surface area contributed by atoms with E-state index >= 15 is 0 Å². The van der Waals surface area contributed by atoms with Crippen LogP contribution in [0.25, 0.3) is 0 Å². The molecule has 6 heteroatoms. The van der Waals surface area contributed by atoms with Crippen molar-refractivity contribution in [2.24, 2.45) is 0 Å². The quantitative estimate of drug-likeness (QED) is 0.573. The van der Waals surface area contributed by atoms with Crippen molar-refractivity contribution in [1.29, 1.82) is 0 Å². The van der Waals surface area contributed by atoms with E-state index in [2.05, 4.69) is 51.5 Å². The Morgan fingerprint density at radius 1 is 0.931 bits per heavy atom. The molecule has 150 valence electrons. The van der Waals surface area contributed by atoms with Crippen LogP contribution in [0.15, 0.2) is 67.0 Å². The number of carbonyl (C=O) groups is 1. The summed E-state index contributed by atoms with van der Waals surface area (Å²) < 4.78 is 0. The predicted octanol–water partition coefficient (Wildman–Crippen LogP) is 4.23. The molecular weight excluding hydrogens is 362 g/mol. The van der Waals surface area contributed by atoms with E-state index in [0.29, 0.717) is 5.82 Å². The Kier molecular flexibility index (Phi) is 7.16. The van der Waals surface area contributed by atoms with E-state index in [0.717, 1.165) is 37.4 Å². The van der Waals surface area contributed by atoms with Gasteiger partial charge in [0.25, 0.3) is 5.91 Å². The summed E-state index contributed by atoms with van der Waals surface area (Å²) in [6.45, 7) is 6.90. The average molecular weight is 390 g/mol. The summed E-state index contributed by atoms with van der Waals surface area (Å²) in [5.41, 5.74) is 3.42. The van der Waals surface area contributed by atoms with E-state index in [1.54, 1.807) is 6.20 Å². The molecule has 1 heterocycles. The second kappa shape index (κ2) is 10.2. The Hall–Kier alpha value is -3.41. The predicted molar refractivity (Wildman–Crippen MR) is 119 cm³/mol. The van der Waals surface area contributed by atoms with Crippen LogP contribution in [0.2, 0.25) is 0 Å². The van der Waals surface area contributed by atoms with Gasteiger partial charge < -0.3 is 15.5 Å². The van der Waals surface area contributed by atoms with Crippen LogP contribution in [0.1, 0.15) is 29.9 Å². The fourth-order valence-corrected chi connectivity index (χ4v) is 3.06. The van der Waals surface area contributed by atoms with Crippen molar-refractivity contribution in [2.45, 2.75) is 20.3 Å². The minimum Gasteiger partial charge on any atom is -0.372 e. The molecule has 3 rings (SSSR count). The zero-order chi connectivity index (χ0) is 20.5. The number of rotatable bonds is 9. The van der Waals surface area contributed by atoms with Gasteiger partial charge in [0.15, 0.2) is 0 Å². The van der Waals surface area contributed by atoms with Crippen LogP contribution >= 0.6 is 0 Å². The molecule has 0 bridgehead atoms. The van der Waals surface area contributed by atoms with Crippen LogP contribution in [0.4, 0.5) is 17.2 Å². The highest BCUT2D eigenvalue weighted by atomic mass is 16.1. The standard InChI is InChI=1S/C23H27N5O/c1-3-28(4-2)20-12-10-19(11-13-20)27-23(29)21-16-26-22(17-25-21)24-15-14-18-8-6-5-7-9-18/h5-13,16-17H,3-4,14-15H2,1-2H3,(H,24,26)(H,27,29). The molecule has 29 heavy (non-hydrogen) atoms. The van der Waals surface area contributed by atoms with Gasteiger partial charge >= 0.3 is 0 Å². The number of hydrogen-bond acceptors (Lipinski definition) is 5. The van der Waals surface area contributed by atoms with Crippen LogP contribution in [0.5, 0.6) is 0 Å². The highest BCUT2D eigenvalue weighted by Gasteiger charge is 2.09. The molecule has 0 unspecified atom stereocenters. The number of amides is 1. The van der Waals surface area contributed by atoms with Crippen molar-refractivity contribution < 1.29 is 4.79 Å². The smallest absolute Gasteiger partial charge is 0.275 e. The summed E-state index contributed by atoms with van der Waals surface area (Å²) in [5.74, 6) is 0.380. The van der Waals surface area contributed by atoms with Crippen molar-refractivity contribution >= 4 is 23.1 Å². The molecule has 0 saturated carbocycles. The third-order valence-electron chi connectivity index (χ3n) is 4.70. The fourth-order valence-electron chi connectivity index (χ4n) is 3.06. The Morgan fingerprint density at radius 2 is 1.66 bits per heavy atom. The molecule has 0 aliphatic carbocycles. The maximum Gasteiger partial charge on any atom is 0.275 e. The first kappa shape index (κ1) is 20.3. The molecule has 6 nitrogen and oxygen atoms in total. The molecule has 0 spiro atoms. The summed E-state index contributed by atoms with van der Waals surface area (Å²) in [5, 5.41) is 6.09. The lowest BCUT2D eigenvalue weighted by Gasteiger charge is -2.21. The van der Waals surface area contributed by atoms with E-state index in [1.807, 2.05) is 42.5 Å². The van der Waals surface area contributed by atoms with Gasteiger partial charge in [-0.25, -0.2) is 9.97 Å². The molecule has 2 N–H and O–H groups in total. The van der Waals surface area contributed by atoms with Gasteiger partial charge in [-0.1, -0.05) is 30.3 Å². The van der Waals surface area contributed by atoms with Crippen LogP contribution in [-0.4, -0.2) is 35.5 Å². The average Bonchev–Trinajstić information content (AvgIpc) is 2.77. The fraction of sp³-hybridized carbons (Fsp3) is 0.261. The highest BCUT2D eigenvalue weighted by molar-refractivity contribution is 6.02. The molecule has 0 saturated heterocycles. The minimum absolute atomic E-state index is 0.274. The number of anilines is 3. The Labute approximate surface area is 172 Å². The van der Waals surface area contributed by atoms with E-state index in [1.165, 1.54) is 11.8 Å². The number of hydrogen-bond donors (Lipinski definition) is 2. The summed E-state index contributed by atoms with van der Waals surface area (Å²) in [6.07, 6.45) is 3.97. The van der Waals surface area contributed by atoms with Gasteiger partial charge in [0.05, 0.1) is 12.4 Å². The van der Waals surface area contributed by atoms with Crippen molar-refractivity contribution in [3.63, 3.8) is 0 Å². The van der Waals surface area contributed by atoms with Crippen molar-refractivity contribution in [2.75, 3.05) is 35.2 Å². The summed E-state index contributed by atoms with van der Waals surface area (Å²) in [6, 6.07) is 18.1. The van der Waals surface area contributed by atoms with Crippen LogP contribution in [0, 0.1) is 0 Å². The van der Waals surface area contributed by atoms with Crippen LogP contribution in [0.3, 0.4) is 0 Å². The van der Waals surface area contributed by atoms with Gasteiger partial charge in [0, 0.05) is 31.0 Å². The molecular formula is C23H27N5O. The van der Waals surface area contributed by atoms with Crippen molar-refractivity contribution in [3.8, 4) is 0 Å². The molecule has 1 amide bonds. The van der Waals surface area contributed by atoms with Crippen molar-refractivity contribution in [1.82, 2.24) is 9.97 Å². The number of nitrogens with one attached hydrogen (secondary N) is 2. The summed E-state index contributed by atoms with van der Waals surface area (Å²) >= 11 is 0. The summed E-state index contributed by atoms with van der Waals surface area (Å²) in [7, 11) is 0. The Balaban J connectivity index is 1.52. The van der Waals surface area contributed by atoms with Gasteiger partial charge in [0.2, 0.25) is 0 Å². The maximum absolute atomic E-state index is 12.4. The molecule has 3 aromatic rings. The van der Waals surface area contributed by atoms with Gasteiger partial charge in [-0.3, -0.25) is 4.79 Å². The number of nitrogens with zero attached hydrogens (tertiary/aromatic N) is 3. The molecule has 0 fully saturated rings. The van der Waals surface area contributed by atoms with E-state index in [9.17, 15) is 4.79 Å². The monoisotopic (exact) mass is 389 g/mol. The zero-order valence-corrected chi connectivity index (χ0v) is 16.9. The lowest BCUT2D eigenvalue weighted by atomic mass is 10.1. The van der Waals surface area contributed by atoms with Gasteiger partial charge in [-0.15, -0.1) is 0 Å². The SMILES string of the molecule is CCN(CC)c1ccc(NC(=O)c2cnc(NCCc3ccccc3)cn2)cc1. The Bertz CT molecular complexity index is 891. The van der Waals surface area contributed by atoms with E-state index in [4.69, 9.17) is 0 Å². The van der Waals surface area contributed by atoms with Crippen molar-refractivity contribution in [3.05, 3.63) is 78.2 Å². The molecule has 0 aliphatic heterocycles. The maximum atomic E-state index is 12.4. The lowest BCUT2D eigenvalue weighted by Crippen LogP contribution is -2.21. The number of carbonyl (C=O) groups excluding carboxylic acids is 1.